The Kier molecular flexibility index (Phi) is 6.47. The lowest BCUT2D eigenvalue weighted by Gasteiger charge is -2.22. The van der Waals surface area contributed by atoms with Gasteiger partial charge >= 0.3 is 5.97 Å². The zero-order valence-electron chi connectivity index (χ0n) is 11.2. The number of hydrogen-bond acceptors (Lipinski definition) is 3. The number of allylic oxidation sites excluding steroid dienone is 3. The minimum absolute atomic E-state index is 0.0734. The second-order valence-electron chi connectivity index (χ2n) is 4.81. The fourth-order valence-corrected chi connectivity index (χ4v) is 1.38. The van der Waals surface area contributed by atoms with Crippen LogP contribution in [0.15, 0.2) is 24.3 Å². The number of ketones is 1. The molecule has 0 aromatic rings. The maximum atomic E-state index is 11.9. The van der Waals surface area contributed by atoms with Crippen LogP contribution in [0.5, 0.6) is 0 Å². The first-order chi connectivity index (χ1) is 7.83. The molecule has 0 N–H and O–H groups in total. The van der Waals surface area contributed by atoms with E-state index in [-0.39, 0.29) is 12.2 Å². The number of carbonyl (C=O) groups is 2. The first-order valence-corrected chi connectivity index (χ1v) is 5.72. The normalized spacial score (nSPS) is 12.1. The van der Waals surface area contributed by atoms with E-state index in [0.29, 0.717) is 0 Å². The molecule has 0 spiro atoms. The van der Waals surface area contributed by atoms with Crippen LogP contribution in [0.2, 0.25) is 0 Å². The monoisotopic (exact) mass is 238 g/mol. The average molecular weight is 238 g/mol. The van der Waals surface area contributed by atoms with Gasteiger partial charge in [-0.25, -0.2) is 0 Å². The number of ether oxygens (including phenoxy) is 1. The lowest BCUT2D eigenvalue weighted by Crippen LogP contribution is -2.27. The molecule has 0 saturated carbocycles. The number of esters is 1. The summed E-state index contributed by atoms with van der Waals surface area (Å²) >= 11 is 0. The number of methoxy groups -OCH3 is 1. The molecule has 3 heteroatoms. The molecule has 0 aliphatic rings. The molecule has 0 amide bonds. The summed E-state index contributed by atoms with van der Waals surface area (Å²) in [5, 5.41) is 0. The maximum Gasteiger partial charge on any atom is 0.313 e. The van der Waals surface area contributed by atoms with E-state index >= 15 is 0 Å². The second-order valence-corrected chi connectivity index (χ2v) is 4.81. The molecule has 0 bridgehead atoms. The molecule has 0 aromatic heterocycles. The Morgan fingerprint density at radius 2 is 1.94 bits per heavy atom. The van der Waals surface area contributed by atoms with Gasteiger partial charge in [0.15, 0.2) is 0 Å². The van der Waals surface area contributed by atoms with Crippen LogP contribution in [0, 0.1) is 5.41 Å². The molecule has 0 aliphatic heterocycles. The molecular weight excluding hydrogens is 216 g/mol. The van der Waals surface area contributed by atoms with Crippen LogP contribution < -0.4 is 0 Å². The predicted octanol–water partition coefficient (Wildman–Crippen LogP) is 3.06. The van der Waals surface area contributed by atoms with Crippen LogP contribution in [0.3, 0.4) is 0 Å². The van der Waals surface area contributed by atoms with E-state index in [1.807, 2.05) is 26.8 Å². The van der Waals surface area contributed by atoms with E-state index in [0.717, 1.165) is 12.8 Å². The third-order valence-corrected chi connectivity index (χ3v) is 2.83. The zero-order valence-corrected chi connectivity index (χ0v) is 11.2. The van der Waals surface area contributed by atoms with Gasteiger partial charge in [0.2, 0.25) is 0 Å². The van der Waals surface area contributed by atoms with Crippen molar-refractivity contribution in [1.29, 1.82) is 0 Å². The van der Waals surface area contributed by atoms with Gasteiger partial charge in [0.05, 0.1) is 7.11 Å². The van der Waals surface area contributed by atoms with E-state index < -0.39 is 11.4 Å². The molecule has 0 heterocycles. The fraction of sp³-hybridized carbons (Fsp3) is 0.571. The molecule has 0 aliphatic carbocycles. The predicted molar refractivity (Wildman–Crippen MR) is 68.6 cm³/mol. The Morgan fingerprint density at radius 1 is 1.35 bits per heavy atom. The Hall–Kier alpha value is -1.38. The fourth-order valence-electron chi connectivity index (χ4n) is 1.38. The van der Waals surface area contributed by atoms with Crippen molar-refractivity contribution in [3.8, 4) is 0 Å². The number of carbonyl (C=O) groups excluding carboxylic acids is 2. The van der Waals surface area contributed by atoms with Crippen molar-refractivity contribution < 1.29 is 14.3 Å². The Bertz CT molecular complexity index is 324. The minimum atomic E-state index is -0.496. The Morgan fingerprint density at radius 3 is 2.41 bits per heavy atom. The summed E-state index contributed by atoms with van der Waals surface area (Å²) < 4.78 is 4.50. The SMILES string of the molecule is C=C/C=C(\C)CCC(C)(C)C(=O)CC(=O)OC. The molecule has 96 valence electrons. The highest BCUT2D eigenvalue weighted by atomic mass is 16.5. The van der Waals surface area contributed by atoms with Gasteiger partial charge in [-0.15, -0.1) is 0 Å². The van der Waals surface area contributed by atoms with Gasteiger partial charge in [-0.1, -0.05) is 38.2 Å². The highest BCUT2D eigenvalue weighted by Crippen LogP contribution is 2.27. The number of hydrogen-bond donors (Lipinski definition) is 0. The first kappa shape index (κ1) is 15.6. The van der Waals surface area contributed by atoms with Gasteiger partial charge in [0, 0.05) is 5.41 Å². The zero-order chi connectivity index (χ0) is 13.5. The second kappa shape index (κ2) is 7.05. The van der Waals surface area contributed by atoms with Crippen LogP contribution >= 0.6 is 0 Å². The Labute approximate surface area is 104 Å². The topological polar surface area (TPSA) is 43.4 Å². The average Bonchev–Trinajstić information content (AvgIpc) is 2.26. The molecule has 0 saturated heterocycles. The summed E-state index contributed by atoms with van der Waals surface area (Å²) in [5.74, 6) is -0.544. The van der Waals surface area contributed by atoms with Crippen molar-refractivity contribution in [3.63, 3.8) is 0 Å². The standard InChI is InChI=1S/C14H22O3/c1-6-7-11(2)8-9-14(3,4)12(15)10-13(16)17-5/h6-7H,1,8-10H2,2-5H3/b11-7+. The van der Waals surface area contributed by atoms with Gasteiger partial charge in [0.1, 0.15) is 12.2 Å². The molecule has 17 heavy (non-hydrogen) atoms. The van der Waals surface area contributed by atoms with Gasteiger partial charge in [0.25, 0.3) is 0 Å². The quantitative estimate of drug-likeness (QED) is 0.389. The van der Waals surface area contributed by atoms with E-state index in [9.17, 15) is 9.59 Å². The summed E-state index contributed by atoms with van der Waals surface area (Å²) in [6, 6.07) is 0. The molecule has 0 unspecified atom stereocenters. The first-order valence-electron chi connectivity index (χ1n) is 5.72. The summed E-state index contributed by atoms with van der Waals surface area (Å²) in [5.41, 5.74) is 0.684. The summed E-state index contributed by atoms with van der Waals surface area (Å²) in [4.78, 5) is 22.9. The van der Waals surface area contributed by atoms with Crippen molar-refractivity contribution >= 4 is 11.8 Å². The van der Waals surface area contributed by atoms with Crippen LogP contribution in [0.4, 0.5) is 0 Å². The van der Waals surface area contributed by atoms with Crippen molar-refractivity contribution in [1.82, 2.24) is 0 Å². The largest absolute Gasteiger partial charge is 0.469 e. The van der Waals surface area contributed by atoms with Crippen molar-refractivity contribution in [2.24, 2.45) is 5.41 Å². The van der Waals surface area contributed by atoms with Crippen LogP contribution in [0.1, 0.15) is 40.0 Å². The van der Waals surface area contributed by atoms with Gasteiger partial charge in [-0.2, -0.15) is 0 Å². The molecule has 0 atom stereocenters. The molecule has 0 fully saturated rings. The van der Waals surface area contributed by atoms with E-state index in [4.69, 9.17) is 0 Å². The van der Waals surface area contributed by atoms with E-state index in [1.165, 1.54) is 12.7 Å². The van der Waals surface area contributed by atoms with Crippen molar-refractivity contribution in [3.05, 3.63) is 24.3 Å². The Balaban J connectivity index is 4.36. The van der Waals surface area contributed by atoms with Crippen molar-refractivity contribution in [2.75, 3.05) is 7.11 Å². The molecule has 0 radical (unpaired) electrons. The van der Waals surface area contributed by atoms with Gasteiger partial charge in [-0.3, -0.25) is 9.59 Å². The van der Waals surface area contributed by atoms with E-state index in [2.05, 4.69) is 11.3 Å². The van der Waals surface area contributed by atoms with Crippen LogP contribution in [0.25, 0.3) is 0 Å². The van der Waals surface area contributed by atoms with Gasteiger partial charge < -0.3 is 4.74 Å². The molecule has 0 aromatic carbocycles. The maximum absolute atomic E-state index is 11.9. The minimum Gasteiger partial charge on any atom is -0.469 e. The third-order valence-electron chi connectivity index (χ3n) is 2.83. The number of rotatable bonds is 7. The summed E-state index contributed by atoms with van der Waals surface area (Å²) in [7, 11) is 1.29. The smallest absolute Gasteiger partial charge is 0.313 e. The third kappa shape index (κ3) is 6.05. The highest BCUT2D eigenvalue weighted by Gasteiger charge is 2.28. The van der Waals surface area contributed by atoms with Crippen LogP contribution in [-0.2, 0) is 14.3 Å². The molecule has 0 rings (SSSR count). The lowest BCUT2D eigenvalue weighted by molar-refractivity contribution is -0.145. The summed E-state index contributed by atoms with van der Waals surface area (Å²) in [6.07, 6.45) is 5.07. The highest BCUT2D eigenvalue weighted by molar-refractivity contribution is 5.98. The molecular formula is C14H22O3. The lowest BCUT2D eigenvalue weighted by atomic mass is 9.81. The number of Topliss-reactive ketones (excluding diaryl/α,β-unsaturated/α-hetero) is 1. The van der Waals surface area contributed by atoms with E-state index in [1.54, 1.807) is 6.08 Å². The summed E-state index contributed by atoms with van der Waals surface area (Å²) in [6.45, 7) is 9.35. The molecule has 3 nitrogen and oxygen atoms in total. The van der Waals surface area contributed by atoms with Gasteiger partial charge in [-0.05, 0) is 19.8 Å². The van der Waals surface area contributed by atoms with Crippen molar-refractivity contribution in [2.45, 2.75) is 40.0 Å². The van der Waals surface area contributed by atoms with Crippen LogP contribution in [-0.4, -0.2) is 18.9 Å².